The number of hydrazone groups is 1. The van der Waals surface area contributed by atoms with Crippen molar-refractivity contribution < 1.29 is 9.59 Å². The van der Waals surface area contributed by atoms with Crippen molar-refractivity contribution in [3.63, 3.8) is 0 Å². The first kappa shape index (κ1) is 18.1. The van der Waals surface area contributed by atoms with Gasteiger partial charge in [-0.15, -0.1) is 0 Å². The first-order valence-corrected chi connectivity index (χ1v) is 8.23. The zero-order valence-corrected chi connectivity index (χ0v) is 15.2. The van der Waals surface area contributed by atoms with E-state index in [0.717, 1.165) is 16.6 Å². The molecule has 2 amide bonds. The first-order valence-electron chi connectivity index (χ1n) is 8.23. The van der Waals surface area contributed by atoms with Crippen molar-refractivity contribution >= 4 is 34.7 Å². The van der Waals surface area contributed by atoms with E-state index in [1.165, 1.54) is 13.1 Å². The van der Waals surface area contributed by atoms with Crippen molar-refractivity contribution in [2.45, 2.75) is 6.92 Å². The number of anilines is 1. The number of fused-ring (bicyclic) bond motifs is 1. The van der Waals surface area contributed by atoms with Gasteiger partial charge in [0.05, 0.1) is 17.2 Å². The predicted octanol–water partition coefficient (Wildman–Crippen LogP) is 1.60. The summed E-state index contributed by atoms with van der Waals surface area (Å²) in [4.78, 5) is 35.1. The van der Waals surface area contributed by atoms with Crippen LogP contribution >= 0.6 is 0 Å². The molecular weight excluding hydrogens is 346 g/mol. The van der Waals surface area contributed by atoms with Gasteiger partial charge in [0.2, 0.25) is 5.91 Å². The lowest BCUT2D eigenvalue weighted by atomic mass is 10.2. The van der Waals surface area contributed by atoms with Gasteiger partial charge >= 0.3 is 5.69 Å². The highest BCUT2D eigenvalue weighted by atomic mass is 16.2. The summed E-state index contributed by atoms with van der Waals surface area (Å²) >= 11 is 0. The molecule has 0 unspecified atom stereocenters. The average Bonchev–Trinajstić information content (AvgIpc) is 2.86. The molecule has 2 aromatic carbocycles. The number of nitrogens with zero attached hydrogens (tertiary/aromatic N) is 3. The topological polar surface area (TPSA) is 97.5 Å². The lowest BCUT2D eigenvalue weighted by molar-refractivity contribution is -0.114. The zero-order valence-electron chi connectivity index (χ0n) is 15.2. The molecule has 0 aliphatic heterocycles. The second-order valence-electron chi connectivity index (χ2n) is 6.11. The highest BCUT2D eigenvalue weighted by Crippen LogP contribution is 2.13. The quantitative estimate of drug-likeness (QED) is 0.543. The van der Waals surface area contributed by atoms with Crippen LogP contribution < -0.4 is 16.4 Å². The van der Waals surface area contributed by atoms with Crippen molar-refractivity contribution in [1.82, 2.24) is 14.6 Å². The van der Waals surface area contributed by atoms with Crippen LogP contribution in [0.4, 0.5) is 5.69 Å². The van der Waals surface area contributed by atoms with Gasteiger partial charge in [0.25, 0.3) is 5.91 Å². The van der Waals surface area contributed by atoms with Crippen molar-refractivity contribution in [2.24, 2.45) is 19.2 Å². The van der Waals surface area contributed by atoms with E-state index in [9.17, 15) is 14.4 Å². The van der Waals surface area contributed by atoms with Gasteiger partial charge in [0.1, 0.15) is 0 Å². The highest BCUT2D eigenvalue weighted by Gasteiger charge is 2.08. The van der Waals surface area contributed by atoms with Gasteiger partial charge in [-0.05, 0) is 42.0 Å². The molecule has 8 nitrogen and oxygen atoms in total. The predicted molar refractivity (Wildman–Crippen MR) is 104 cm³/mol. The van der Waals surface area contributed by atoms with E-state index in [-0.39, 0.29) is 17.5 Å². The minimum absolute atomic E-state index is 0.102. The molecule has 138 valence electrons. The van der Waals surface area contributed by atoms with Crippen LogP contribution in [0.5, 0.6) is 0 Å². The molecule has 0 aliphatic rings. The monoisotopic (exact) mass is 365 g/mol. The summed E-state index contributed by atoms with van der Waals surface area (Å²) in [6.07, 6.45) is 1.51. The lowest BCUT2D eigenvalue weighted by Crippen LogP contribution is -2.19. The number of imidazole rings is 1. The van der Waals surface area contributed by atoms with E-state index in [1.54, 1.807) is 47.5 Å². The largest absolute Gasteiger partial charge is 0.328 e. The smallest absolute Gasteiger partial charge is 0.326 e. The molecule has 0 saturated heterocycles. The van der Waals surface area contributed by atoms with E-state index in [2.05, 4.69) is 15.8 Å². The number of hydrogen-bond acceptors (Lipinski definition) is 4. The fraction of sp³-hybridized carbons (Fsp3) is 0.158. The van der Waals surface area contributed by atoms with Gasteiger partial charge in [0.15, 0.2) is 0 Å². The Kier molecular flexibility index (Phi) is 4.89. The summed E-state index contributed by atoms with van der Waals surface area (Å²) < 4.78 is 3.13. The molecular formula is C19H19N5O3. The van der Waals surface area contributed by atoms with E-state index in [0.29, 0.717) is 11.3 Å². The third-order valence-electron chi connectivity index (χ3n) is 4.14. The second kappa shape index (κ2) is 7.28. The van der Waals surface area contributed by atoms with E-state index in [1.807, 2.05) is 18.2 Å². The lowest BCUT2D eigenvalue weighted by Gasteiger charge is -2.03. The summed E-state index contributed by atoms with van der Waals surface area (Å²) in [7, 11) is 3.42. The van der Waals surface area contributed by atoms with Crippen molar-refractivity contribution in [2.75, 3.05) is 5.32 Å². The molecule has 1 aromatic heterocycles. The Morgan fingerprint density at radius 2 is 1.67 bits per heavy atom. The van der Waals surface area contributed by atoms with Gasteiger partial charge < -0.3 is 5.32 Å². The molecule has 0 radical (unpaired) electrons. The Bertz CT molecular complexity index is 1110. The molecule has 0 aliphatic carbocycles. The first-order chi connectivity index (χ1) is 12.9. The number of nitrogens with one attached hydrogen (secondary N) is 2. The molecule has 3 aromatic rings. The molecule has 3 rings (SSSR count). The number of carbonyl (C=O) groups is 2. The standard InChI is InChI=1S/C19H19N5O3/c1-12(25)21-15-7-5-14(6-8-15)18(26)22-20-11-13-4-9-16-17(10-13)24(3)19(27)23(16)2/h4-11H,1-3H3,(H,21,25)(H,22,26)/b20-11-. The molecule has 0 saturated carbocycles. The summed E-state index contributed by atoms with van der Waals surface area (Å²) in [6.45, 7) is 1.42. The van der Waals surface area contributed by atoms with E-state index >= 15 is 0 Å². The Morgan fingerprint density at radius 1 is 1.00 bits per heavy atom. The summed E-state index contributed by atoms with van der Waals surface area (Å²) in [5.41, 5.74) is 5.75. The minimum Gasteiger partial charge on any atom is -0.326 e. The van der Waals surface area contributed by atoms with Gasteiger partial charge in [-0.1, -0.05) is 6.07 Å². The van der Waals surface area contributed by atoms with Crippen LogP contribution in [0.3, 0.4) is 0 Å². The Balaban J connectivity index is 1.70. The van der Waals surface area contributed by atoms with Crippen molar-refractivity contribution in [1.29, 1.82) is 0 Å². The maximum atomic E-state index is 12.1. The summed E-state index contributed by atoms with van der Waals surface area (Å²) in [5, 5.41) is 6.60. The number of aryl methyl sites for hydroxylation is 2. The van der Waals surface area contributed by atoms with Crippen LogP contribution in [-0.4, -0.2) is 27.2 Å². The van der Waals surface area contributed by atoms with Crippen molar-refractivity contribution in [3.8, 4) is 0 Å². The number of rotatable bonds is 4. The number of aromatic nitrogens is 2. The Labute approximate surface area is 155 Å². The van der Waals surface area contributed by atoms with Crippen LogP contribution in [0.25, 0.3) is 11.0 Å². The molecule has 1 heterocycles. The highest BCUT2D eigenvalue weighted by molar-refractivity contribution is 5.96. The average molecular weight is 365 g/mol. The third kappa shape index (κ3) is 3.79. The molecule has 0 atom stereocenters. The fourth-order valence-corrected chi connectivity index (χ4v) is 2.74. The van der Waals surface area contributed by atoms with E-state index < -0.39 is 0 Å². The van der Waals surface area contributed by atoms with Gasteiger partial charge in [-0.2, -0.15) is 5.10 Å². The Morgan fingerprint density at radius 3 is 2.33 bits per heavy atom. The Hall–Kier alpha value is -3.68. The molecule has 0 spiro atoms. The van der Waals surface area contributed by atoms with E-state index in [4.69, 9.17) is 0 Å². The SMILES string of the molecule is CC(=O)Nc1ccc(C(=O)N/N=C\c2ccc3c(c2)n(C)c(=O)n3C)cc1. The molecule has 8 heteroatoms. The zero-order chi connectivity index (χ0) is 19.6. The number of benzene rings is 2. The summed E-state index contributed by atoms with van der Waals surface area (Å²) in [6, 6.07) is 12.0. The van der Waals surface area contributed by atoms with Crippen LogP contribution in [0.1, 0.15) is 22.8 Å². The molecule has 0 bridgehead atoms. The maximum Gasteiger partial charge on any atom is 0.328 e. The van der Waals surface area contributed by atoms with Crippen LogP contribution in [0, 0.1) is 0 Å². The second-order valence-corrected chi connectivity index (χ2v) is 6.11. The molecule has 0 fully saturated rings. The van der Waals surface area contributed by atoms with Crippen molar-refractivity contribution in [3.05, 3.63) is 64.1 Å². The minimum atomic E-state index is -0.367. The van der Waals surface area contributed by atoms with Crippen LogP contribution in [0.2, 0.25) is 0 Å². The van der Waals surface area contributed by atoms with Gasteiger partial charge in [0, 0.05) is 32.3 Å². The summed E-state index contributed by atoms with van der Waals surface area (Å²) in [5.74, 6) is -0.543. The molecule has 27 heavy (non-hydrogen) atoms. The number of carbonyl (C=O) groups excluding carboxylic acids is 2. The maximum absolute atomic E-state index is 12.1. The fourth-order valence-electron chi connectivity index (χ4n) is 2.74. The van der Waals surface area contributed by atoms with Crippen LogP contribution in [-0.2, 0) is 18.9 Å². The van der Waals surface area contributed by atoms with Gasteiger partial charge in [-0.3, -0.25) is 18.7 Å². The van der Waals surface area contributed by atoms with Crippen LogP contribution in [0.15, 0.2) is 52.4 Å². The third-order valence-corrected chi connectivity index (χ3v) is 4.14. The number of amides is 2. The molecule has 2 N–H and O–H groups in total. The normalized spacial score (nSPS) is 11.1. The van der Waals surface area contributed by atoms with Gasteiger partial charge in [-0.25, -0.2) is 10.2 Å². The number of hydrogen-bond donors (Lipinski definition) is 2.